The van der Waals surface area contributed by atoms with E-state index in [2.05, 4.69) is 41.5 Å². The van der Waals surface area contributed by atoms with Gasteiger partial charge in [0.2, 0.25) is 0 Å². The number of hydrogen-bond acceptors (Lipinski definition) is 5. The van der Waals surface area contributed by atoms with Crippen LogP contribution in [0.25, 0.3) is 0 Å². The first-order chi connectivity index (χ1) is 14.0. The molecule has 0 spiro atoms. The van der Waals surface area contributed by atoms with E-state index in [1.807, 2.05) is 61.5 Å². The van der Waals surface area contributed by atoms with Crippen LogP contribution in [-0.4, -0.2) is 19.2 Å². The SMILES string of the molecule is CCOCC1=CN(c2ccc(NC(=O)Nc3cc(C(C)C)ccc3C)cc2)NN1. The number of carbonyl (C=O) groups is 1. The highest BCUT2D eigenvalue weighted by Gasteiger charge is 2.13. The van der Waals surface area contributed by atoms with Crippen LogP contribution in [0, 0.1) is 6.92 Å². The Bertz CT molecular complexity index is 877. The Morgan fingerprint density at radius 2 is 1.90 bits per heavy atom. The predicted molar refractivity (Wildman–Crippen MR) is 118 cm³/mol. The summed E-state index contributed by atoms with van der Waals surface area (Å²) in [7, 11) is 0. The zero-order valence-electron chi connectivity index (χ0n) is 17.4. The molecule has 3 rings (SSSR count). The summed E-state index contributed by atoms with van der Waals surface area (Å²) in [5.74, 6) is 0.406. The number of hydrogen-bond donors (Lipinski definition) is 4. The minimum absolute atomic E-state index is 0.262. The maximum atomic E-state index is 12.4. The van der Waals surface area contributed by atoms with Crippen LogP contribution < -0.4 is 26.6 Å². The number of urea groups is 1. The maximum absolute atomic E-state index is 12.4. The Balaban J connectivity index is 1.59. The molecule has 0 fully saturated rings. The number of anilines is 3. The Labute approximate surface area is 172 Å². The van der Waals surface area contributed by atoms with Gasteiger partial charge in [0.25, 0.3) is 0 Å². The number of hydrazine groups is 2. The van der Waals surface area contributed by atoms with Crippen molar-refractivity contribution in [1.82, 2.24) is 11.0 Å². The number of nitrogens with zero attached hydrogens (tertiary/aromatic N) is 1. The van der Waals surface area contributed by atoms with E-state index in [0.717, 1.165) is 28.3 Å². The summed E-state index contributed by atoms with van der Waals surface area (Å²) in [6, 6.07) is 13.5. The van der Waals surface area contributed by atoms with E-state index >= 15 is 0 Å². The molecule has 0 saturated heterocycles. The van der Waals surface area contributed by atoms with Gasteiger partial charge in [0.15, 0.2) is 0 Å². The summed E-state index contributed by atoms with van der Waals surface area (Å²) >= 11 is 0. The highest BCUT2D eigenvalue weighted by molar-refractivity contribution is 6.00. The molecular weight excluding hydrogens is 366 g/mol. The molecule has 1 aliphatic rings. The second kappa shape index (κ2) is 9.45. The van der Waals surface area contributed by atoms with E-state index < -0.39 is 0 Å². The summed E-state index contributed by atoms with van der Waals surface area (Å²) in [5, 5.41) is 7.68. The lowest BCUT2D eigenvalue weighted by Crippen LogP contribution is -2.36. The normalized spacial score (nSPS) is 13.3. The average Bonchev–Trinajstić information content (AvgIpc) is 3.17. The molecule has 0 aromatic heterocycles. The molecule has 154 valence electrons. The van der Waals surface area contributed by atoms with Crippen LogP contribution in [0.5, 0.6) is 0 Å². The van der Waals surface area contributed by atoms with E-state index in [4.69, 9.17) is 4.74 Å². The third-order valence-corrected chi connectivity index (χ3v) is 4.66. The first kappa shape index (κ1) is 20.7. The minimum Gasteiger partial charge on any atom is -0.375 e. The molecular formula is C22H29N5O2. The zero-order valence-corrected chi connectivity index (χ0v) is 17.4. The number of carbonyl (C=O) groups excluding carboxylic acids is 1. The van der Waals surface area contributed by atoms with Gasteiger partial charge in [-0.3, -0.25) is 5.01 Å². The number of rotatable bonds is 7. The fourth-order valence-corrected chi connectivity index (χ4v) is 2.90. The molecule has 0 bridgehead atoms. The van der Waals surface area contributed by atoms with Gasteiger partial charge in [0.05, 0.1) is 18.0 Å². The topological polar surface area (TPSA) is 77.7 Å². The fraction of sp³-hybridized carbons (Fsp3) is 0.318. The third-order valence-electron chi connectivity index (χ3n) is 4.66. The van der Waals surface area contributed by atoms with Crippen molar-refractivity contribution in [2.45, 2.75) is 33.6 Å². The summed E-state index contributed by atoms with van der Waals surface area (Å²) in [6.07, 6.45) is 1.94. The van der Waals surface area contributed by atoms with Crippen molar-refractivity contribution < 1.29 is 9.53 Å². The minimum atomic E-state index is -0.262. The van der Waals surface area contributed by atoms with E-state index in [1.54, 1.807) is 0 Å². The molecule has 29 heavy (non-hydrogen) atoms. The molecule has 7 heteroatoms. The van der Waals surface area contributed by atoms with Gasteiger partial charge < -0.3 is 20.8 Å². The molecule has 0 atom stereocenters. The number of ether oxygens (including phenoxy) is 1. The molecule has 2 aromatic rings. The fourth-order valence-electron chi connectivity index (χ4n) is 2.90. The standard InChI is InChI=1S/C22H29N5O2/c1-5-29-14-19-13-27(26-25-19)20-10-8-18(9-11-20)23-22(28)24-21-12-17(15(2)3)7-6-16(21)4/h6-13,15,25-26H,5,14H2,1-4H3,(H2,23,24,28). The number of nitrogens with one attached hydrogen (secondary N) is 4. The molecule has 0 radical (unpaired) electrons. The predicted octanol–water partition coefficient (Wildman–Crippen LogP) is 4.47. The maximum Gasteiger partial charge on any atom is 0.323 e. The van der Waals surface area contributed by atoms with Crippen molar-refractivity contribution in [3.05, 3.63) is 65.5 Å². The summed E-state index contributed by atoms with van der Waals surface area (Å²) < 4.78 is 5.39. The second-order valence-corrected chi connectivity index (χ2v) is 7.25. The van der Waals surface area contributed by atoms with Crippen molar-refractivity contribution in [1.29, 1.82) is 0 Å². The molecule has 0 aliphatic carbocycles. The Morgan fingerprint density at radius 3 is 2.59 bits per heavy atom. The van der Waals surface area contributed by atoms with Crippen LogP contribution in [0.1, 0.15) is 37.8 Å². The Hall–Kier alpha value is -3.03. The molecule has 1 heterocycles. The highest BCUT2D eigenvalue weighted by Crippen LogP contribution is 2.23. The van der Waals surface area contributed by atoms with Crippen molar-refractivity contribution in [3.63, 3.8) is 0 Å². The van der Waals surface area contributed by atoms with Gasteiger partial charge in [0.1, 0.15) is 0 Å². The van der Waals surface area contributed by atoms with Crippen LogP contribution in [0.15, 0.2) is 54.4 Å². The first-order valence-electron chi connectivity index (χ1n) is 9.84. The second-order valence-electron chi connectivity index (χ2n) is 7.25. The summed E-state index contributed by atoms with van der Waals surface area (Å²) in [5.41, 5.74) is 11.8. The van der Waals surface area contributed by atoms with Crippen LogP contribution in [0.3, 0.4) is 0 Å². The largest absolute Gasteiger partial charge is 0.375 e. The molecule has 4 N–H and O–H groups in total. The van der Waals surface area contributed by atoms with E-state index in [-0.39, 0.29) is 6.03 Å². The summed E-state index contributed by atoms with van der Waals surface area (Å²) in [4.78, 5) is 12.4. The first-order valence-corrected chi connectivity index (χ1v) is 9.84. The molecule has 1 aliphatic heterocycles. The average molecular weight is 396 g/mol. The van der Waals surface area contributed by atoms with Gasteiger partial charge in [-0.05, 0) is 61.2 Å². The smallest absolute Gasteiger partial charge is 0.323 e. The van der Waals surface area contributed by atoms with Crippen LogP contribution in [0.2, 0.25) is 0 Å². The highest BCUT2D eigenvalue weighted by atomic mass is 16.5. The van der Waals surface area contributed by atoms with Crippen LogP contribution >= 0.6 is 0 Å². The van der Waals surface area contributed by atoms with Gasteiger partial charge in [0, 0.05) is 24.2 Å². The zero-order chi connectivity index (χ0) is 20.8. The lowest BCUT2D eigenvalue weighted by Gasteiger charge is -2.16. The summed E-state index contributed by atoms with van der Waals surface area (Å²) in [6.45, 7) is 9.41. The third kappa shape index (κ3) is 5.49. The number of aryl methyl sites for hydroxylation is 1. The number of benzene rings is 2. The van der Waals surface area contributed by atoms with Crippen molar-refractivity contribution in [2.24, 2.45) is 0 Å². The van der Waals surface area contributed by atoms with Gasteiger partial charge >= 0.3 is 6.03 Å². The van der Waals surface area contributed by atoms with Crippen molar-refractivity contribution in [2.75, 3.05) is 28.9 Å². The van der Waals surface area contributed by atoms with E-state index in [0.29, 0.717) is 19.1 Å². The van der Waals surface area contributed by atoms with Crippen LogP contribution in [-0.2, 0) is 4.74 Å². The lowest BCUT2D eigenvalue weighted by molar-refractivity contribution is 0.166. The quantitative estimate of drug-likeness (QED) is 0.556. The molecule has 0 saturated carbocycles. The van der Waals surface area contributed by atoms with Gasteiger partial charge in [-0.1, -0.05) is 26.0 Å². The Kier molecular flexibility index (Phi) is 6.74. The molecule has 2 aromatic carbocycles. The Morgan fingerprint density at radius 1 is 1.14 bits per heavy atom. The van der Waals surface area contributed by atoms with E-state index in [1.165, 1.54) is 5.56 Å². The monoisotopic (exact) mass is 395 g/mol. The van der Waals surface area contributed by atoms with Crippen molar-refractivity contribution >= 4 is 23.1 Å². The van der Waals surface area contributed by atoms with Gasteiger partial charge in [-0.2, -0.15) is 0 Å². The molecule has 2 amide bonds. The molecule has 7 nitrogen and oxygen atoms in total. The van der Waals surface area contributed by atoms with Gasteiger partial charge in [-0.25, -0.2) is 4.79 Å². The van der Waals surface area contributed by atoms with Crippen LogP contribution in [0.4, 0.5) is 21.9 Å². The molecule has 0 unspecified atom stereocenters. The lowest BCUT2D eigenvalue weighted by atomic mass is 10.0. The van der Waals surface area contributed by atoms with Crippen molar-refractivity contribution in [3.8, 4) is 0 Å². The van der Waals surface area contributed by atoms with E-state index in [9.17, 15) is 4.79 Å². The van der Waals surface area contributed by atoms with Gasteiger partial charge in [-0.15, -0.1) is 5.53 Å². The number of amides is 2.